The third-order valence-electron chi connectivity index (χ3n) is 3.32. The second-order valence-electron chi connectivity index (χ2n) is 4.63. The van der Waals surface area contributed by atoms with Gasteiger partial charge in [0.1, 0.15) is 16.6 Å². The third kappa shape index (κ3) is 2.23. The fourth-order valence-electron chi connectivity index (χ4n) is 2.31. The lowest BCUT2D eigenvalue weighted by molar-refractivity contribution is 0.720. The summed E-state index contributed by atoms with van der Waals surface area (Å²) in [5.74, 6) is 0. The van der Waals surface area contributed by atoms with Gasteiger partial charge in [-0.25, -0.2) is 0 Å². The van der Waals surface area contributed by atoms with E-state index >= 15 is 0 Å². The van der Waals surface area contributed by atoms with Crippen LogP contribution < -0.4 is 0 Å². The molecule has 5 nitrogen and oxygen atoms in total. The minimum absolute atomic E-state index is 0.734. The average Bonchev–Trinajstić information content (AvgIpc) is 2.81. The van der Waals surface area contributed by atoms with Crippen LogP contribution in [0.2, 0.25) is 0 Å². The van der Waals surface area contributed by atoms with Gasteiger partial charge in [-0.05, 0) is 35.8 Å². The lowest BCUT2D eigenvalue weighted by Crippen LogP contribution is -1.86. The topological polar surface area (TPSA) is 64.5 Å². The highest BCUT2D eigenvalue weighted by Crippen LogP contribution is 2.23. The summed E-state index contributed by atoms with van der Waals surface area (Å²) in [6, 6.07) is 6.03. The maximum atomic E-state index is 4.24. The fraction of sp³-hybridized carbons (Fsp3) is 0.357. The van der Waals surface area contributed by atoms with Crippen molar-refractivity contribution in [1.29, 1.82) is 0 Å². The van der Waals surface area contributed by atoms with Crippen LogP contribution in [0, 0.1) is 0 Å². The van der Waals surface area contributed by atoms with Crippen LogP contribution in [0.15, 0.2) is 24.4 Å². The molecular weight excluding hydrogens is 238 g/mol. The monoisotopic (exact) mass is 253 g/mol. The zero-order valence-corrected chi connectivity index (χ0v) is 10.9. The summed E-state index contributed by atoms with van der Waals surface area (Å²) in [6.45, 7) is 2.21. The molecule has 2 aromatic heterocycles. The molecule has 3 rings (SSSR count). The molecule has 3 aromatic rings. The highest BCUT2D eigenvalue weighted by molar-refractivity contribution is 6.01. The van der Waals surface area contributed by atoms with Crippen molar-refractivity contribution in [2.45, 2.75) is 32.6 Å². The van der Waals surface area contributed by atoms with Crippen molar-refractivity contribution < 1.29 is 0 Å². The van der Waals surface area contributed by atoms with E-state index in [2.05, 4.69) is 32.5 Å². The lowest BCUT2D eigenvalue weighted by atomic mass is 10.0. The van der Waals surface area contributed by atoms with Gasteiger partial charge < -0.3 is 0 Å². The van der Waals surface area contributed by atoms with Crippen LogP contribution in [-0.2, 0) is 6.42 Å². The number of benzene rings is 1. The van der Waals surface area contributed by atoms with Crippen LogP contribution >= 0.6 is 0 Å². The molecule has 0 unspecified atom stereocenters. The summed E-state index contributed by atoms with van der Waals surface area (Å²) in [5.41, 5.74) is 3.56. The molecule has 0 fully saturated rings. The lowest BCUT2D eigenvalue weighted by Gasteiger charge is -2.01. The first-order chi connectivity index (χ1) is 9.40. The molecule has 5 heteroatoms. The molecule has 2 heterocycles. The molecule has 0 atom stereocenters. The summed E-state index contributed by atoms with van der Waals surface area (Å²) in [5, 5.41) is 21.1. The molecule has 96 valence electrons. The summed E-state index contributed by atoms with van der Waals surface area (Å²) < 4.78 is 0. The van der Waals surface area contributed by atoms with Gasteiger partial charge in [-0.3, -0.25) is 0 Å². The molecule has 0 aliphatic carbocycles. The van der Waals surface area contributed by atoms with Gasteiger partial charge in [0, 0.05) is 11.6 Å². The van der Waals surface area contributed by atoms with Gasteiger partial charge in [-0.2, -0.15) is 5.10 Å². The Hall–Kier alpha value is -2.17. The number of fused-ring (bicyclic) bond motifs is 3. The van der Waals surface area contributed by atoms with E-state index in [1.807, 2.05) is 18.2 Å². The van der Waals surface area contributed by atoms with Gasteiger partial charge in [-0.15, -0.1) is 15.3 Å². The number of unbranched alkanes of at least 4 members (excludes halogenated alkanes) is 2. The molecule has 0 amide bonds. The van der Waals surface area contributed by atoms with Crippen LogP contribution in [0.4, 0.5) is 0 Å². The van der Waals surface area contributed by atoms with E-state index in [-0.39, 0.29) is 0 Å². The molecule has 0 aliphatic rings. The van der Waals surface area contributed by atoms with Crippen LogP contribution in [0.25, 0.3) is 21.9 Å². The van der Waals surface area contributed by atoms with E-state index in [1.165, 1.54) is 24.8 Å². The largest absolute Gasteiger partial charge is 0.158 e. The number of hydrogen-bond donors (Lipinski definition) is 0. The predicted molar refractivity (Wildman–Crippen MR) is 73.7 cm³/mol. The predicted octanol–water partition coefficient (Wildman–Crippen LogP) is 2.70. The van der Waals surface area contributed by atoms with Crippen molar-refractivity contribution in [3.8, 4) is 0 Å². The molecule has 0 aliphatic heterocycles. The highest BCUT2D eigenvalue weighted by atomic mass is 15.3. The summed E-state index contributed by atoms with van der Waals surface area (Å²) in [6.07, 6.45) is 6.42. The maximum Gasteiger partial charge on any atom is 0.143 e. The minimum atomic E-state index is 0.734. The van der Waals surface area contributed by atoms with E-state index < -0.39 is 0 Å². The second-order valence-corrected chi connectivity index (χ2v) is 4.63. The van der Waals surface area contributed by atoms with Gasteiger partial charge in [-0.1, -0.05) is 25.8 Å². The number of hydrogen-bond acceptors (Lipinski definition) is 5. The Morgan fingerprint density at radius 3 is 2.79 bits per heavy atom. The molecule has 0 spiro atoms. The second kappa shape index (κ2) is 5.22. The SMILES string of the molecule is CCCCCc1ccnnc2c1ccc1nnnc12. The zero-order valence-electron chi connectivity index (χ0n) is 10.9. The zero-order chi connectivity index (χ0) is 13.1. The number of rotatable bonds is 4. The highest BCUT2D eigenvalue weighted by Gasteiger charge is 2.08. The Morgan fingerprint density at radius 1 is 0.947 bits per heavy atom. The quantitative estimate of drug-likeness (QED) is 0.669. The van der Waals surface area contributed by atoms with Crippen LogP contribution in [0.1, 0.15) is 31.7 Å². The van der Waals surface area contributed by atoms with Gasteiger partial charge in [0.25, 0.3) is 0 Å². The fourth-order valence-corrected chi connectivity index (χ4v) is 2.31. The van der Waals surface area contributed by atoms with Gasteiger partial charge in [0.2, 0.25) is 0 Å². The molecule has 0 radical (unpaired) electrons. The van der Waals surface area contributed by atoms with E-state index in [9.17, 15) is 0 Å². The maximum absolute atomic E-state index is 4.24. The van der Waals surface area contributed by atoms with E-state index in [1.54, 1.807) is 6.20 Å². The van der Waals surface area contributed by atoms with Crippen molar-refractivity contribution in [2.24, 2.45) is 0 Å². The third-order valence-corrected chi connectivity index (χ3v) is 3.32. The van der Waals surface area contributed by atoms with Gasteiger partial charge in [0.15, 0.2) is 0 Å². The summed E-state index contributed by atoms with van der Waals surface area (Å²) in [7, 11) is 0. The van der Waals surface area contributed by atoms with Crippen molar-refractivity contribution in [3.05, 3.63) is 30.0 Å². The first kappa shape index (κ1) is 11.9. The van der Waals surface area contributed by atoms with Crippen molar-refractivity contribution >= 4 is 21.9 Å². The summed E-state index contributed by atoms with van der Waals surface area (Å²) in [4.78, 5) is 0. The molecule has 19 heavy (non-hydrogen) atoms. The Bertz CT molecular complexity index is 710. The summed E-state index contributed by atoms with van der Waals surface area (Å²) >= 11 is 0. The van der Waals surface area contributed by atoms with Gasteiger partial charge >= 0.3 is 0 Å². The number of aryl methyl sites for hydroxylation is 1. The van der Waals surface area contributed by atoms with Crippen molar-refractivity contribution in [3.63, 3.8) is 0 Å². The van der Waals surface area contributed by atoms with Crippen LogP contribution in [0.3, 0.4) is 0 Å². The van der Waals surface area contributed by atoms with Crippen molar-refractivity contribution in [1.82, 2.24) is 25.6 Å². The molecule has 0 saturated heterocycles. The van der Waals surface area contributed by atoms with E-state index in [0.29, 0.717) is 0 Å². The molecule has 0 N–H and O–H groups in total. The minimum Gasteiger partial charge on any atom is -0.158 e. The Kier molecular flexibility index (Phi) is 3.27. The molecule has 1 aromatic carbocycles. The van der Waals surface area contributed by atoms with E-state index in [0.717, 1.165) is 28.4 Å². The van der Waals surface area contributed by atoms with Gasteiger partial charge in [0.05, 0.1) is 0 Å². The van der Waals surface area contributed by atoms with Crippen LogP contribution in [0.5, 0.6) is 0 Å². The van der Waals surface area contributed by atoms with Crippen molar-refractivity contribution in [2.75, 3.05) is 0 Å². The molecular formula is C14H15N5. The Labute approximate surface area is 111 Å². The standard InChI is InChI=1S/C14H15N5/c1-2-3-4-5-10-8-9-15-17-13-11(10)6-7-12-14(13)18-19-16-12/h6-9H,2-5H2,1H3. The molecule has 0 saturated carbocycles. The smallest absolute Gasteiger partial charge is 0.143 e. The Morgan fingerprint density at radius 2 is 1.89 bits per heavy atom. The number of nitrogens with zero attached hydrogens (tertiary/aromatic N) is 5. The van der Waals surface area contributed by atoms with Crippen LogP contribution in [-0.4, -0.2) is 25.6 Å². The first-order valence-electron chi connectivity index (χ1n) is 6.62. The van der Waals surface area contributed by atoms with E-state index in [4.69, 9.17) is 0 Å². The average molecular weight is 253 g/mol. The first-order valence-corrected chi connectivity index (χ1v) is 6.62. The number of aromatic nitrogens is 5. The Balaban J connectivity index is 2.17. The molecule has 0 bridgehead atoms. The normalized spacial score (nSPS) is 11.2.